The van der Waals surface area contributed by atoms with Gasteiger partial charge in [-0.2, -0.15) is 4.98 Å². The van der Waals surface area contributed by atoms with Gasteiger partial charge < -0.3 is 13.7 Å². The van der Waals surface area contributed by atoms with Gasteiger partial charge in [0.2, 0.25) is 5.82 Å². The van der Waals surface area contributed by atoms with Gasteiger partial charge >= 0.3 is 0 Å². The normalized spacial score (nSPS) is 16.4. The summed E-state index contributed by atoms with van der Waals surface area (Å²) >= 11 is 6.29. The number of ether oxygens (including phenoxy) is 1. The van der Waals surface area contributed by atoms with Crippen molar-refractivity contribution in [2.75, 3.05) is 6.61 Å². The number of aromatic nitrogens is 4. The van der Waals surface area contributed by atoms with Crippen LogP contribution in [0.1, 0.15) is 30.4 Å². The van der Waals surface area contributed by atoms with E-state index in [1.165, 1.54) is 0 Å². The third-order valence-electron chi connectivity index (χ3n) is 5.54. The van der Waals surface area contributed by atoms with E-state index < -0.39 is 0 Å². The van der Waals surface area contributed by atoms with Gasteiger partial charge in [0.05, 0.1) is 11.6 Å². The van der Waals surface area contributed by atoms with E-state index in [0.29, 0.717) is 59.2 Å². The van der Waals surface area contributed by atoms with E-state index in [2.05, 4.69) is 15.1 Å². The Morgan fingerprint density at radius 3 is 2.87 bits per heavy atom. The molecule has 1 fully saturated rings. The van der Waals surface area contributed by atoms with Crippen LogP contribution in [-0.2, 0) is 4.79 Å². The van der Waals surface area contributed by atoms with Gasteiger partial charge in [0, 0.05) is 36.7 Å². The number of nitrogens with zero attached hydrogens (tertiary/aromatic N) is 4. The van der Waals surface area contributed by atoms with E-state index in [4.69, 9.17) is 20.9 Å². The highest BCUT2D eigenvalue weighted by Crippen LogP contribution is 2.29. The molecule has 1 aliphatic rings. The number of benzene rings is 1. The smallest absolute Gasteiger partial charge is 0.278 e. The van der Waals surface area contributed by atoms with Gasteiger partial charge in [-0.15, -0.1) is 0 Å². The van der Waals surface area contributed by atoms with E-state index in [9.17, 15) is 4.79 Å². The van der Waals surface area contributed by atoms with E-state index in [1.54, 1.807) is 0 Å². The molecule has 8 heteroatoms. The Morgan fingerprint density at radius 2 is 2.10 bits per heavy atom. The number of hydrogen-bond donors (Lipinski definition) is 0. The minimum absolute atomic E-state index is 0.314. The minimum atomic E-state index is 0.314. The predicted octanol–water partition coefficient (Wildman–Crippen LogP) is 5.07. The highest BCUT2D eigenvalue weighted by molar-refractivity contribution is 6.33. The summed E-state index contributed by atoms with van der Waals surface area (Å²) in [5, 5.41) is 4.68. The molecule has 0 bridgehead atoms. The fourth-order valence-electron chi connectivity index (χ4n) is 3.93. The third-order valence-corrected chi connectivity index (χ3v) is 5.82. The third kappa shape index (κ3) is 3.93. The van der Waals surface area contributed by atoms with Crippen LogP contribution in [0.15, 0.2) is 41.2 Å². The summed E-state index contributed by atoms with van der Waals surface area (Å²) in [6.07, 6.45) is 5.97. The first-order valence-corrected chi connectivity index (χ1v) is 10.6. The molecule has 5 rings (SSSR count). The summed E-state index contributed by atoms with van der Waals surface area (Å²) in [6.45, 7) is 4.51. The van der Waals surface area contributed by atoms with Crippen LogP contribution in [0.3, 0.4) is 0 Å². The molecule has 1 aliphatic carbocycles. The van der Waals surface area contributed by atoms with Crippen molar-refractivity contribution in [2.24, 2.45) is 5.92 Å². The lowest BCUT2D eigenvalue weighted by atomic mass is 10.1. The number of rotatable bonds is 5. The maximum Gasteiger partial charge on any atom is 0.278 e. The van der Waals surface area contributed by atoms with Crippen molar-refractivity contribution in [2.45, 2.75) is 33.1 Å². The summed E-state index contributed by atoms with van der Waals surface area (Å²) in [5.41, 5.74) is 4.04. The van der Waals surface area contributed by atoms with Gasteiger partial charge in [-0.3, -0.25) is 4.79 Å². The molecule has 1 atom stereocenters. The number of aryl methyl sites for hydroxylation is 2. The number of halogens is 1. The molecule has 0 spiro atoms. The molecular weight excluding hydrogens is 416 g/mol. The van der Waals surface area contributed by atoms with Gasteiger partial charge in [-0.05, 0) is 55.7 Å². The summed E-state index contributed by atoms with van der Waals surface area (Å²) in [6, 6.07) is 7.64. The maximum absolute atomic E-state index is 11.4. The van der Waals surface area contributed by atoms with Gasteiger partial charge in [0.1, 0.15) is 17.2 Å². The molecule has 1 aromatic carbocycles. The number of pyridine rings is 1. The van der Waals surface area contributed by atoms with Crippen molar-refractivity contribution in [3.8, 4) is 28.7 Å². The molecule has 158 valence electrons. The number of carbonyl (C=O) groups is 1. The molecular formula is C23H21ClN4O3. The molecule has 3 heterocycles. The van der Waals surface area contributed by atoms with Crippen molar-refractivity contribution in [1.29, 1.82) is 0 Å². The maximum atomic E-state index is 11.4. The van der Waals surface area contributed by atoms with E-state index in [1.807, 2.05) is 54.9 Å². The molecule has 3 aromatic heterocycles. The molecule has 0 aliphatic heterocycles. The number of fused-ring (bicyclic) bond motifs is 1. The lowest BCUT2D eigenvalue weighted by molar-refractivity contribution is -0.117. The number of Topliss-reactive ketones (excluding diaryl/α,β-unsaturated/α-hetero) is 1. The molecule has 0 saturated heterocycles. The summed E-state index contributed by atoms with van der Waals surface area (Å²) in [5.74, 6) is 2.25. The van der Waals surface area contributed by atoms with Crippen molar-refractivity contribution >= 4 is 23.0 Å². The predicted molar refractivity (Wildman–Crippen MR) is 116 cm³/mol. The lowest BCUT2D eigenvalue weighted by Gasteiger charge is -2.13. The van der Waals surface area contributed by atoms with Crippen molar-refractivity contribution in [3.05, 3.63) is 52.8 Å². The van der Waals surface area contributed by atoms with Crippen LogP contribution in [0.5, 0.6) is 5.75 Å². The fourth-order valence-corrected chi connectivity index (χ4v) is 4.24. The molecule has 31 heavy (non-hydrogen) atoms. The quantitative estimate of drug-likeness (QED) is 0.434. The summed E-state index contributed by atoms with van der Waals surface area (Å²) < 4.78 is 13.3. The highest BCUT2D eigenvalue weighted by Gasteiger charge is 2.23. The zero-order valence-electron chi connectivity index (χ0n) is 17.3. The van der Waals surface area contributed by atoms with Gasteiger partial charge in [-0.1, -0.05) is 16.8 Å². The number of hydrogen-bond acceptors (Lipinski definition) is 6. The van der Waals surface area contributed by atoms with Crippen LogP contribution in [-0.4, -0.2) is 31.9 Å². The van der Waals surface area contributed by atoms with Crippen molar-refractivity contribution in [1.82, 2.24) is 19.5 Å². The van der Waals surface area contributed by atoms with E-state index >= 15 is 0 Å². The first-order valence-electron chi connectivity index (χ1n) is 10.2. The standard InChI is InChI=1S/C23H21ClN4O3/c1-13-7-18(24)22-25-19(11-28(22)10-13)23-26-21(27-31-23)16-4-6-20(14(2)8-16)30-12-15-3-5-17(29)9-15/h4,6-8,10-11,15H,3,5,9,12H2,1-2H3/t15-/m1/s1. The topological polar surface area (TPSA) is 82.5 Å². The zero-order valence-corrected chi connectivity index (χ0v) is 18.0. The first kappa shape index (κ1) is 19.8. The molecule has 0 unspecified atom stereocenters. The van der Waals surface area contributed by atoms with Gasteiger partial charge in [0.25, 0.3) is 5.89 Å². The minimum Gasteiger partial charge on any atom is -0.493 e. The van der Waals surface area contributed by atoms with Gasteiger partial charge in [-0.25, -0.2) is 4.98 Å². The Kier molecular flexibility index (Phi) is 4.98. The SMILES string of the molecule is Cc1cc(Cl)c2nc(-c3nc(-c4ccc(OC[C@@H]5CCC(=O)C5)c(C)c4)no3)cn2c1. The van der Waals surface area contributed by atoms with Crippen LogP contribution in [0.25, 0.3) is 28.6 Å². The Labute approximate surface area is 184 Å². The van der Waals surface area contributed by atoms with Crippen LogP contribution < -0.4 is 4.74 Å². The van der Waals surface area contributed by atoms with Crippen molar-refractivity contribution < 1.29 is 14.1 Å². The largest absolute Gasteiger partial charge is 0.493 e. The Hall–Kier alpha value is -3.19. The first-order chi connectivity index (χ1) is 15.0. The summed E-state index contributed by atoms with van der Waals surface area (Å²) in [7, 11) is 0. The molecule has 0 radical (unpaired) electrons. The molecule has 1 saturated carbocycles. The molecule has 0 amide bonds. The van der Waals surface area contributed by atoms with Crippen LogP contribution >= 0.6 is 11.6 Å². The van der Waals surface area contributed by atoms with Crippen LogP contribution in [0, 0.1) is 19.8 Å². The highest BCUT2D eigenvalue weighted by atomic mass is 35.5. The molecule has 0 N–H and O–H groups in total. The van der Waals surface area contributed by atoms with Crippen LogP contribution in [0.4, 0.5) is 0 Å². The Bertz CT molecular complexity index is 1290. The van der Waals surface area contributed by atoms with Crippen molar-refractivity contribution in [3.63, 3.8) is 0 Å². The number of ketones is 1. The number of imidazole rings is 1. The average Bonchev–Trinajstić information content (AvgIpc) is 3.46. The fraction of sp³-hybridized carbons (Fsp3) is 0.304. The second kappa shape index (κ2) is 7.81. The molecule has 7 nitrogen and oxygen atoms in total. The number of carbonyl (C=O) groups excluding carboxylic acids is 1. The van der Waals surface area contributed by atoms with E-state index in [-0.39, 0.29) is 0 Å². The second-order valence-corrected chi connectivity index (χ2v) is 8.49. The zero-order chi connectivity index (χ0) is 21.5. The van der Waals surface area contributed by atoms with Crippen LogP contribution in [0.2, 0.25) is 5.02 Å². The second-order valence-electron chi connectivity index (χ2n) is 8.08. The molecule has 4 aromatic rings. The summed E-state index contributed by atoms with van der Waals surface area (Å²) in [4.78, 5) is 20.5. The Morgan fingerprint density at radius 1 is 1.23 bits per heavy atom. The monoisotopic (exact) mass is 436 g/mol. The van der Waals surface area contributed by atoms with Gasteiger partial charge in [0.15, 0.2) is 5.65 Å². The average molecular weight is 437 g/mol. The van der Waals surface area contributed by atoms with E-state index in [0.717, 1.165) is 28.9 Å². The lowest BCUT2D eigenvalue weighted by Crippen LogP contribution is -2.09. The Balaban J connectivity index is 1.35.